The molecule has 1 fully saturated rings. The van der Waals surface area contributed by atoms with Gasteiger partial charge in [-0.2, -0.15) is 0 Å². The third-order valence-corrected chi connectivity index (χ3v) is 4.88. The van der Waals surface area contributed by atoms with Crippen molar-refractivity contribution in [3.63, 3.8) is 0 Å². The zero-order valence-electron chi connectivity index (χ0n) is 20.7. The second kappa shape index (κ2) is 10.3. The van der Waals surface area contributed by atoms with E-state index in [1.807, 2.05) is 58.6 Å². The van der Waals surface area contributed by atoms with Gasteiger partial charge in [-0.15, -0.1) is 0 Å². The average Bonchev–Trinajstić information content (AvgIpc) is 3.07. The summed E-state index contributed by atoms with van der Waals surface area (Å²) in [5, 5.41) is 6.22. The Labute approximate surface area is 192 Å². The minimum absolute atomic E-state index is 0.103. The highest BCUT2D eigenvalue weighted by Crippen LogP contribution is 2.30. The van der Waals surface area contributed by atoms with Crippen molar-refractivity contribution >= 4 is 23.6 Å². The second-order valence-corrected chi connectivity index (χ2v) is 10.3. The molecule has 0 spiro atoms. The third kappa shape index (κ3) is 8.13. The SMILES string of the molecule is COc1ccc(NC(C)CC2CCCN2C(=O)OC(C)(C)C)cc1NC(=O)OC(C)(C)C. The number of methoxy groups -OCH3 is 1. The van der Waals surface area contributed by atoms with Gasteiger partial charge in [0.25, 0.3) is 0 Å². The fourth-order valence-corrected chi connectivity index (χ4v) is 3.70. The molecule has 1 aromatic rings. The Morgan fingerprint density at radius 1 is 1.12 bits per heavy atom. The quantitative estimate of drug-likeness (QED) is 0.585. The lowest BCUT2D eigenvalue weighted by Crippen LogP contribution is -2.41. The maximum Gasteiger partial charge on any atom is 0.412 e. The van der Waals surface area contributed by atoms with Crippen LogP contribution >= 0.6 is 0 Å². The van der Waals surface area contributed by atoms with Gasteiger partial charge in [0.05, 0.1) is 12.8 Å². The molecule has 0 aliphatic carbocycles. The molecule has 2 amide bonds. The van der Waals surface area contributed by atoms with Gasteiger partial charge in [-0.3, -0.25) is 5.32 Å². The Hall–Kier alpha value is -2.64. The van der Waals surface area contributed by atoms with Crippen LogP contribution in [0, 0.1) is 0 Å². The van der Waals surface area contributed by atoms with Crippen LogP contribution in [0.3, 0.4) is 0 Å². The first-order valence-corrected chi connectivity index (χ1v) is 11.2. The smallest absolute Gasteiger partial charge is 0.412 e. The summed E-state index contributed by atoms with van der Waals surface area (Å²) in [6.07, 6.45) is 1.93. The second-order valence-electron chi connectivity index (χ2n) is 10.3. The summed E-state index contributed by atoms with van der Waals surface area (Å²) in [6.45, 7) is 13.9. The third-order valence-electron chi connectivity index (χ3n) is 4.88. The molecule has 2 unspecified atom stereocenters. The predicted molar refractivity (Wildman–Crippen MR) is 127 cm³/mol. The molecule has 32 heavy (non-hydrogen) atoms. The van der Waals surface area contributed by atoms with E-state index in [-0.39, 0.29) is 18.2 Å². The molecule has 2 atom stereocenters. The monoisotopic (exact) mass is 449 g/mol. The number of anilines is 2. The highest BCUT2D eigenvalue weighted by molar-refractivity contribution is 5.88. The van der Waals surface area contributed by atoms with Crippen molar-refractivity contribution in [1.82, 2.24) is 4.90 Å². The molecule has 8 nitrogen and oxygen atoms in total. The van der Waals surface area contributed by atoms with Crippen molar-refractivity contribution in [2.45, 2.75) is 91.0 Å². The lowest BCUT2D eigenvalue weighted by atomic mass is 10.1. The predicted octanol–water partition coefficient (Wildman–Crippen LogP) is 5.63. The number of carbonyl (C=O) groups excluding carboxylic acids is 2. The van der Waals surface area contributed by atoms with Crippen molar-refractivity contribution in [3.8, 4) is 5.75 Å². The number of nitrogens with zero attached hydrogens (tertiary/aromatic N) is 1. The highest BCUT2D eigenvalue weighted by Gasteiger charge is 2.33. The first kappa shape index (κ1) is 25.6. The molecule has 2 rings (SSSR count). The van der Waals surface area contributed by atoms with Crippen molar-refractivity contribution in [2.75, 3.05) is 24.3 Å². The fraction of sp³-hybridized carbons (Fsp3) is 0.667. The Balaban J connectivity index is 2.02. The van der Waals surface area contributed by atoms with E-state index in [1.54, 1.807) is 13.2 Å². The van der Waals surface area contributed by atoms with Crippen LogP contribution in [0.1, 0.15) is 67.7 Å². The van der Waals surface area contributed by atoms with E-state index in [0.29, 0.717) is 11.4 Å². The Kier molecular flexibility index (Phi) is 8.26. The molecule has 0 radical (unpaired) electrons. The summed E-state index contributed by atoms with van der Waals surface area (Å²) in [7, 11) is 1.55. The van der Waals surface area contributed by atoms with E-state index in [1.165, 1.54) is 0 Å². The number of ether oxygens (including phenoxy) is 3. The maximum absolute atomic E-state index is 12.5. The van der Waals surface area contributed by atoms with E-state index in [4.69, 9.17) is 14.2 Å². The Bertz CT molecular complexity index is 798. The Morgan fingerprint density at radius 3 is 2.38 bits per heavy atom. The van der Waals surface area contributed by atoms with Crippen LogP contribution in [0.25, 0.3) is 0 Å². The molecule has 180 valence electrons. The van der Waals surface area contributed by atoms with Crippen LogP contribution in [-0.4, -0.2) is 54.0 Å². The van der Waals surface area contributed by atoms with Gasteiger partial charge in [0.1, 0.15) is 17.0 Å². The molecule has 2 N–H and O–H groups in total. The zero-order chi connectivity index (χ0) is 24.1. The minimum Gasteiger partial charge on any atom is -0.495 e. The topological polar surface area (TPSA) is 89.1 Å². The van der Waals surface area contributed by atoms with E-state index in [0.717, 1.165) is 31.5 Å². The lowest BCUT2D eigenvalue weighted by Gasteiger charge is -2.30. The Morgan fingerprint density at radius 2 is 1.78 bits per heavy atom. The lowest BCUT2D eigenvalue weighted by molar-refractivity contribution is 0.0218. The fourth-order valence-electron chi connectivity index (χ4n) is 3.70. The molecular weight excluding hydrogens is 410 g/mol. The van der Waals surface area contributed by atoms with Gasteiger partial charge in [0.2, 0.25) is 0 Å². The van der Waals surface area contributed by atoms with Crippen molar-refractivity contribution in [3.05, 3.63) is 18.2 Å². The normalized spacial score (nSPS) is 17.5. The number of likely N-dealkylation sites (tertiary alicyclic amines) is 1. The molecule has 0 saturated carbocycles. The first-order chi connectivity index (χ1) is 14.8. The summed E-state index contributed by atoms with van der Waals surface area (Å²) in [5.41, 5.74) is 0.263. The molecular formula is C24H39N3O5. The van der Waals surface area contributed by atoms with Crippen LogP contribution in [0.5, 0.6) is 5.75 Å². The van der Waals surface area contributed by atoms with Crippen LogP contribution in [0.15, 0.2) is 18.2 Å². The van der Waals surface area contributed by atoms with E-state index in [9.17, 15) is 9.59 Å². The molecule has 1 saturated heterocycles. The molecule has 0 bridgehead atoms. The number of benzene rings is 1. The zero-order valence-corrected chi connectivity index (χ0v) is 20.7. The summed E-state index contributed by atoms with van der Waals surface area (Å²) >= 11 is 0. The highest BCUT2D eigenvalue weighted by atomic mass is 16.6. The van der Waals surface area contributed by atoms with Crippen molar-refractivity contribution in [2.24, 2.45) is 0 Å². The first-order valence-electron chi connectivity index (χ1n) is 11.2. The summed E-state index contributed by atoms with van der Waals surface area (Å²) in [5.74, 6) is 0.543. The van der Waals surface area contributed by atoms with Gasteiger partial charge in [-0.1, -0.05) is 0 Å². The van der Waals surface area contributed by atoms with Crippen molar-refractivity contribution < 1.29 is 23.8 Å². The largest absolute Gasteiger partial charge is 0.495 e. The molecule has 1 aliphatic rings. The van der Waals surface area contributed by atoms with E-state index in [2.05, 4.69) is 17.6 Å². The molecule has 1 aliphatic heterocycles. The van der Waals surface area contributed by atoms with Crippen LogP contribution in [-0.2, 0) is 9.47 Å². The van der Waals surface area contributed by atoms with Gasteiger partial charge in [0, 0.05) is 24.3 Å². The van der Waals surface area contributed by atoms with Crippen LogP contribution in [0.2, 0.25) is 0 Å². The van der Waals surface area contributed by atoms with Crippen molar-refractivity contribution in [1.29, 1.82) is 0 Å². The number of hydrogen-bond donors (Lipinski definition) is 2. The molecule has 1 aromatic carbocycles. The number of rotatable bonds is 6. The molecule has 1 heterocycles. The van der Waals surface area contributed by atoms with E-state index >= 15 is 0 Å². The molecule has 8 heteroatoms. The van der Waals surface area contributed by atoms with Gasteiger partial charge >= 0.3 is 12.2 Å². The minimum atomic E-state index is -0.594. The number of hydrogen-bond acceptors (Lipinski definition) is 6. The summed E-state index contributed by atoms with van der Waals surface area (Å²) < 4.78 is 16.3. The number of carbonyl (C=O) groups is 2. The van der Waals surface area contributed by atoms with Crippen LogP contribution < -0.4 is 15.4 Å². The van der Waals surface area contributed by atoms with E-state index < -0.39 is 17.3 Å². The average molecular weight is 450 g/mol. The van der Waals surface area contributed by atoms with Gasteiger partial charge < -0.3 is 24.4 Å². The summed E-state index contributed by atoms with van der Waals surface area (Å²) in [4.78, 5) is 26.6. The summed E-state index contributed by atoms with van der Waals surface area (Å²) in [6, 6.07) is 5.75. The van der Waals surface area contributed by atoms with Gasteiger partial charge in [0.15, 0.2) is 0 Å². The van der Waals surface area contributed by atoms with Crippen LogP contribution in [0.4, 0.5) is 21.0 Å². The van der Waals surface area contributed by atoms with Gasteiger partial charge in [-0.05, 0) is 85.9 Å². The maximum atomic E-state index is 12.5. The number of nitrogens with one attached hydrogen (secondary N) is 2. The van der Waals surface area contributed by atoms with Gasteiger partial charge in [-0.25, -0.2) is 9.59 Å². The molecule has 0 aromatic heterocycles. The number of amides is 2. The standard InChI is InChI=1S/C24H39N3O5/c1-16(14-18-10-9-13-27(18)22(29)32-24(5,6)7)25-17-11-12-20(30-8)19(15-17)26-21(28)31-23(2,3)4/h11-12,15-16,18,25H,9-10,13-14H2,1-8H3,(H,26,28).